The van der Waals surface area contributed by atoms with Crippen LogP contribution in [0.25, 0.3) is 0 Å². The Bertz CT molecular complexity index is 348. The van der Waals surface area contributed by atoms with E-state index in [1.165, 1.54) is 18.4 Å². The Labute approximate surface area is 90.3 Å². The van der Waals surface area contributed by atoms with Crippen molar-refractivity contribution in [1.82, 2.24) is 0 Å². The summed E-state index contributed by atoms with van der Waals surface area (Å²) in [5.74, 6) is 0.706. The van der Waals surface area contributed by atoms with E-state index in [-0.39, 0.29) is 5.54 Å². The van der Waals surface area contributed by atoms with Crippen molar-refractivity contribution in [3.05, 3.63) is 34.3 Å². The average molecular weight is 210 g/mol. The van der Waals surface area contributed by atoms with Gasteiger partial charge in [-0.25, -0.2) is 0 Å². The molecule has 1 saturated carbocycles. The molecule has 0 bridgehead atoms. The number of nitrogens with two attached hydrogens (primary N) is 1. The topological polar surface area (TPSA) is 26.0 Å². The first-order chi connectivity index (χ1) is 6.48. The van der Waals surface area contributed by atoms with E-state index in [1.807, 2.05) is 19.9 Å². The predicted molar refractivity (Wildman–Crippen MR) is 60.6 cm³/mol. The molecule has 0 heterocycles. The number of hydrogen-bond acceptors (Lipinski definition) is 1. The highest BCUT2D eigenvalue weighted by Gasteiger charge is 2.26. The van der Waals surface area contributed by atoms with Crippen LogP contribution in [0.2, 0.25) is 5.02 Å². The van der Waals surface area contributed by atoms with Crippen molar-refractivity contribution >= 4 is 11.6 Å². The summed E-state index contributed by atoms with van der Waals surface area (Å²) in [6.07, 6.45) is 2.57. The summed E-state index contributed by atoms with van der Waals surface area (Å²) in [5.41, 5.74) is 8.10. The summed E-state index contributed by atoms with van der Waals surface area (Å²) >= 11 is 6.21. The van der Waals surface area contributed by atoms with Gasteiger partial charge in [0.2, 0.25) is 0 Å². The molecule has 2 N–H and O–H groups in total. The zero-order valence-corrected chi connectivity index (χ0v) is 9.43. The first-order valence-electron chi connectivity index (χ1n) is 5.07. The van der Waals surface area contributed by atoms with Crippen LogP contribution >= 0.6 is 11.6 Å². The highest BCUT2D eigenvalue weighted by atomic mass is 35.5. The number of hydrogen-bond donors (Lipinski definition) is 1. The van der Waals surface area contributed by atoms with E-state index in [0.29, 0.717) is 5.92 Å². The van der Waals surface area contributed by atoms with E-state index in [1.54, 1.807) is 0 Å². The Morgan fingerprint density at radius 1 is 1.36 bits per heavy atom. The monoisotopic (exact) mass is 209 g/mol. The van der Waals surface area contributed by atoms with Gasteiger partial charge in [-0.05, 0) is 49.8 Å². The molecule has 1 aromatic rings. The van der Waals surface area contributed by atoms with Gasteiger partial charge in [-0.15, -0.1) is 0 Å². The molecule has 1 aliphatic rings. The molecule has 0 radical (unpaired) electrons. The highest BCUT2D eigenvalue weighted by molar-refractivity contribution is 6.31. The standard InChI is InChI=1S/C12H16ClN/c1-12(2,14)9-5-6-10(8-3-4-8)11(13)7-9/h5-8H,3-4,14H2,1-2H3. The van der Waals surface area contributed by atoms with E-state index < -0.39 is 0 Å². The van der Waals surface area contributed by atoms with Crippen LogP contribution in [0.5, 0.6) is 0 Å². The first-order valence-corrected chi connectivity index (χ1v) is 5.45. The Kier molecular flexibility index (Phi) is 2.32. The van der Waals surface area contributed by atoms with Gasteiger partial charge in [0.05, 0.1) is 0 Å². The number of benzene rings is 1. The molecule has 1 fully saturated rings. The maximum Gasteiger partial charge on any atom is 0.0444 e. The van der Waals surface area contributed by atoms with Gasteiger partial charge in [-0.2, -0.15) is 0 Å². The molecule has 2 heteroatoms. The summed E-state index contributed by atoms with van der Waals surface area (Å²) in [5, 5.41) is 0.878. The molecule has 0 saturated heterocycles. The molecule has 1 aromatic carbocycles. The largest absolute Gasteiger partial charge is 0.322 e. The minimum atomic E-state index is -0.300. The lowest BCUT2D eigenvalue weighted by Crippen LogP contribution is -2.28. The Balaban J connectivity index is 2.35. The Morgan fingerprint density at radius 3 is 2.43 bits per heavy atom. The van der Waals surface area contributed by atoms with Crippen LogP contribution in [0.1, 0.15) is 43.7 Å². The van der Waals surface area contributed by atoms with Crippen LogP contribution in [-0.4, -0.2) is 0 Å². The molecule has 0 amide bonds. The Morgan fingerprint density at radius 2 is 2.00 bits per heavy atom. The third-order valence-corrected chi connectivity index (χ3v) is 3.09. The molecule has 1 aliphatic carbocycles. The lowest BCUT2D eigenvalue weighted by molar-refractivity contribution is 0.554. The van der Waals surface area contributed by atoms with Gasteiger partial charge in [0.15, 0.2) is 0 Å². The van der Waals surface area contributed by atoms with Crippen LogP contribution in [-0.2, 0) is 5.54 Å². The summed E-state index contributed by atoms with van der Waals surface area (Å²) in [6, 6.07) is 6.23. The van der Waals surface area contributed by atoms with E-state index in [4.69, 9.17) is 17.3 Å². The summed E-state index contributed by atoms with van der Waals surface area (Å²) in [4.78, 5) is 0. The molecule has 0 aromatic heterocycles. The first kappa shape index (κ1) is 10.0. The summed E-state index contributed by atoms with van der Waals surface area (Å²) < 4.78 is 0. The fraction of sp³-hybridized carbons (Fsp3) is 0.500. The fourth-order valence-electron chi connectivity index (χ4n) is 1.65. The van der Waals surface area contributed by atoms with Crippen LogP contribution in [0.15, 0.2) is 18.2 Å². The molecule has 0 spiro atoms. The van der Waals surface area contributed by atoms with Crippen LogP contribution < -0.4 is 5.73 Å². The number of rotatable bonds is 2. The van der Waals surface area contributed by atoms with Gasteiger partial charge in [-0.3, -0.25) is 0 Å². The third kappa shape index (κ3) is 1.94. The second-order valence-corrected chi connectivity index (χ2v) is 5.14. The zero-order chi connectivity index (χ0) is 10.3. The zero-order valence-electron chi connectivity index (χ0n) is 8.68. The van der Waals surface area contributed by atoms with Gasteiger partial charge < -0.3 is 5.73 Å². The quantitative estimate of drug-likeness (QED) is 0.794. The van der Waals surface area contributed by atoms with Crippen LogP contribution in [0.4, 0.5) is 0 Å². The van der Waals surface area contributed by atoms with E-state index >= 15 is 0 Å². The lowest BCUT2D eigenvalue weighted by Gasteiger charge is -2.20. The molecule has 14 heavy (non-hydrogen) atoms. The van der Waals surface area contributed by atoms with Gasteiger partial charge in [0.1, 0.15) is 0 Å². The van der Waals surface area contributed by atoms with Crippen molar-refractivity contribution in [3.63, 3.8) is 0 Å². The van der Waals surface area contributed by atoms with Crippen molar-refractivity contribution in [3.8, 4) is 0 Å². The van der Waals surface area contributed by atoms with Crippen molar-refractivity contribution in [2.75, 3.05) is 0 Å². The SMILES string of the molecule is CC(C)(N)c1ccc(C2CC2)c(Cl)c1. The lowest BCUT2D eigenvalue weighted by atomic mass is 9.94. The van der Waals surface area contributed by atoms with Crippen LogP contribution in [0.3, 0.4) is 0 Å². The normalized spacial score (nSPS) is 17.1. The smallest absolute Gasteiger partial charge is 0.0444 e. The van der Waals surface area contributed by atoms with Crippen molar-refractivity contribution in [2.24, 2.45) is 5.73 Å². The summed E-state index contributed by atoms with van der Waals surface area (Å²) in [7, 11) is 0. The highest BCUT2D eigenvalue weighted by Crippen LogP contribution is 2.43. The molecular formula is C12H16ClN. The molecule has 0 atom stereocenters. The van der Waals surface area contributed by atoms with Gasteiger partial charge in [0, 0.05) is 10.6 Å². The average Bonchev–Trinajstić information content (AvgIpc) is 2.85. The Hall–Kier alpha value is -0.530. The molecule has 0 unspecified atom stereocenters. The molecule has 1 nitrogen and oxygen atoms in total. The second-order valence-electron chi connectivity index (χ2n) is 4.73. The maximum atomic E-state index is 6.21. The fourth-order valence-corrected chi connectivity index (χ4v) is 1.99. The van der Waals surface area contributed by atoms with E-state index in [0.717, 1.165) is 10.6 Å². The van der Waals surface area contributed by atoms with Gasteiger partial charge >= 0.3 is 0 Å². The predicted octanol–water partition coefficient (Wildman–Crippen LogP) is 3.41. The van der Waals surface area contributed by atoms with Crippen LogP contribution in [0, 0.1) is 0 Å². The van der Waals surface area contributed by atoms with E-state index in [2.05, 4.69) is 12.1 Å². The van der Waals surface area contributed by atoms with Crippen molar-refractivity contribution < 1.29 is 0 Å². The molecular weight excluding hydrogens is 194 g/mol. The maximum absolute atomic E-state index is 6.21. The molecule has 2 rings (SSSR count). The van der Waals surface area contributed by atoms with Gasteiger partial charge in [-0.1, -0.05) is 23.7 Å². The molecule has 0 aliphatic heterocycles. The third-order valence-electron chi connectivity index (χ3n) is 2.76. The van der Waals surface area contributed by atoms with Crippen molar-refractivity contribution in [2.45, 2.75) is 38.1 Å². The molecule has 76 valence electrons. The van der Waals surface area contributed by atoms with Crippen molar-refractivity contribution in [1.29, 1.82) is 0 Å². The van der Waals surface area contributed by atoms with E-state index in [9.17, 15) is 0 Å². The number of halogens is 1. The minimum Gasteiger partial charge on any atom is -0.322 e. The minimum absolute atomic E-state index is 0.300. The van der Waals surface area contributed by atoms with Gasteiger partial charge in [0.25, 0.3) is 0 Å². The second kappa shape index (κ2) is 3.25. The summed E-state index contributed by atoms with van der Waals surface area (Å²) in [6.45, 7) is 3.99.